The first kappa shape index (κ1) is 27.1. The first-order valence-corrected chi connectivity index (χ1v) is 12.8. The van der Waals surface area contributed by atoms with Gasteiger partial charge in [0.15, 0.2) is 0 Å². The van der Waals surface area contributed by atoms with Gasteiger partial charge < -0.3 is 48.9 Å². The Morgan fingerprint density at radius 2 is 1.89 bits per heavy atom. The molecule has 1 aromatic rings. The number of rotatable bonds is 5. The number of fused-ring (bicyclic) bond motifs is 3. The van der Waals surface area contributed by atoms with E-state index in [2.05, 4.69) is 0 Å². The molecule has 1 aromatic heterocycles. The maximum atomic E-state index is 13.4. The molecule has 2 saturated heterocycles. The van der Waals surface area contributed by atoms with Gasteiger partial charge in [-0.25, -0.2) is 0 Å². The van der Waals surface area contributed by atoms with Gasteiger partial charge in [-0.1, -0.05) is 6.92 Å². The molecule has 1 saturated carbocycles. The lowest BCUT2D eigenvalue weighted by atomic mass is 9.52. The number of furan rings is 1. The van der Waals surface area contributed by atoms with Crippen LogP contribution in [-0.2, 0) is 28.5 Å². The molecule has 4 aliphatic rings. The Hall–Kier alpha value is -2.48. The van der Waals surface area contributed by atoms with Crippen LogP contribution >= 0.6 is 0 Å². The summed E-state index contributed by atoms with van der Waals surface area (Å²) in [4.78, 5) is 26.3. The molecule has 0 radical (unpaired) electrons. The van der Waals surface area contributed by atoms with E-state index in [1.807, 2.05) is 6.92 Å². The van der Waals surface area contributed by atoms with Gasteiger partial charge >= 0.3 is 11.9 Å². The Morgan fingerprint density at radius 1 is 1.13 bits per heavy atom. The van der Waals surface area contributed by atoms with Crippen molar-refractivity contribution >= 4 is 11.9 Å². The summed E-state index contributed by atoms with van der Waals surface area (Å²) in [7, 11) is 1.25. The van der Waals surface area contributed by atoms with Crippen LogP contribution in [-0.4, -0.2) is 88.0 Å². The maximum absolute atomic E-state index is 13.4. The third-order valence-corrected chi connectivity index (χ3v) is 8.75. The van der Waals surface area contributed by atoms with E-state index in [1.54, 1.807) is 6.07 Å². The summed E-state index contributed by atoms with van der Waals surface area (Å²) in [5.74, 6) is -2.93. The predicted molar refractivity (Wildman–Crippen MR) is 124 cm³/mol. The second-order valence-electron chi connectivity index (χ2n) is 10.9. The quantitative estimate of drug-likeness (QED) is 0.315. The highest BCUT2D eigenvalue weighted by atomic mass is 16.7. The van der Waals surface area contributed by atoms with Crippen molar-refractivity contribution in [2.45, 2.75) is 75.5 Å². The first-order chi connectivity index (χ1) is 18.1. The molecule has 5 N–H and O–H groups in total. The van der Waals surface area contributed by atoms with Crippen LogP contribution in [0.25, 0.3) is 0 Å². The zero-order valence-electron chi connectivity index (χ0n) is 21.1. The fraction of sp³-hybridized carbons (Fsp3) is 0.692. The summed E-state index contributed by atoms with van der Waals surface area (Å²) in [6, 6.07) is 1.72. The Bertz CT molecular complexity index is 1070. The Labute approximate surface area is 218 Å². The molecule has 0 aromatic carbocycles. The highest BCUT2D eigenvalue weighted by Gasteiger charge is 2.60. The summed E-state index contributed by atoms with van der Waals surface area (Å²) in [6.45, 7) is 1.30. The van der Waals surface area contributed by atoms with E-state index in [0.717, 1.165) is 0 Å². The van der Waals surface area contributed by atoms with Gasteiger partial charge in [0.1, 0.15) is 36.3 Å². The Morgan fingerprint density at radius 3 is 2.55 bits per heavy atom. The molecular weight excluding hydrogens is 504 g/mol. The minimum absolute atomic E-state index is 0.0118. The van der Waals surface area contributed by atoms with Crippen molar-refractivity contribution in [3.63, 3.8) is 0 Å². The number of methoxy groups -OCH3 is 1. The van der Waals surface area contributed by atoms with E-state index in [0.29, 0.717) is 17.6 Å². The van der Waals surface area contributed by atoms with Crippen LogP contribution in [0.4, 0.5) is 0 Å². The molecule has 2 aliphatic heterocycles. The number of aliphatic hydroxyl groups excluding tert-OH is 5. The number of aliphatic hydroxyl groups is 5. The number of carbonyl (C=O) groups is 2. The molecule has 2 aliphatic carbocycles. The lowest BCUT2D eigenvalue weighted by molar-refractivity contribution is -0.293. The highest BCUT2D eigenvalue weighted by Crippen LogP contribution is 2.61. The highest BCUT2D eigenvalue weighted by molar-refractivity contribution is 5.79. The molecule has 0 spiro atoms. The summed E-state index contributed by atoms with van der Waals surface area (Å²) < 4.78 is 27.6. The van der Waals surface area contributed by atoms with Gasteiger partial charge in [-0.3, -0.25) is 9.59 Å². The van der Waals surface area contributed by atoms with Gasteiger partial charge in [-0.05, 0) is 42.2 Å². The number of allylic oxidation sites excluding steroid dienone is 1. The van der Waals surface area contributed by atoms with Crippen molar-refractivity contribution in [3.05, 3.63) is 35.5 Å². The zero-order chi connectivity index (χ0) is 27.4. The standard InChI is InChI=1S/C26H34O12/c1-26-8-17(11-3-4-35-10-11)36-24(33)15(26)7-16(19-13(23(32)34-2)5-12(28)6-14(19)26)37-25-22(31)21(30)20(29)18(9-27)38-25/h3-4,10,12-15,17-18,20-22,25,27-31H,5-9H2,1-2H3/t12-,13+,14+,15+,17-,18+,20+,21+,22+,25+,26-/m0/s1. The summed E-state index contributed by atoms with van der Waals surface area (Å²) >= 11 is 0. The molecule has 3 fully saturated rings. The Kier molecular flexibility index (Phi) is 7.31. The molecule has 0 bridgehead atoms. The van der Waals surface area contributed by atoms with Crippen LogP contribution in [0.5, 0.6) is 0 Å². The number of carbonyl (C=O) groups excluding carboxylic acids is 2. The van der Waals surface area contributed by atoms with Crippen molar-refractivity contribution in [2.24, 2.45) is 23.2 Å². The molecular formula is C26H34O12. The predicted octanol–water partition coefficient (Wildman–Crippen LogP) is -0.0755. The van der Waals surface area contributed by atoms with Gasteiger partial charge in [0, 0.05) is 12.0 Å². The monoisotopic (exact) mass is 538 g/mol. The van der Waals surface area contributed by atoms with E-state index < -0.39 is 84.6 Å². The second kappa shape index (κ2) is 10.2. The Balaban J connectivity index is 1.56. The van der Waals surface area contributed by atoms with E-state index >= 15 is 0 Å². The van der Waals surface area contributed by atoms with Crippen molar-refractivity contribution in [1.29, 1.82) is 0 Å². The van der Waals surface area contributed by atoms with Crippen molar-refractivity contribution in [1.82, 2.24) is 0 Å². The van der Waals surface area contributed by atoms with E-state index in [1.165, 1.54) is 19.6 Å². The molecule has 0 amide bonds. The third kappa shape index (κ3) is 4.42. The minimum atomic E-state index is -1.68. The average Bonchev–Trinajstić information content (AvgIpc) is 3.44. The molecule has 12 nitrogen and oxygen atoms in total. The molecule has 11 atom stereocenters. The molecule has 5 rings (SSSR count). The molecule has 12 heteroatoms. The molecule has 0 unspecified atom stereocenters. The van der Waals surface area contributed by atoms with Crippen LogP contribution in [0, 0.1) is 23.2 Å². The number of esters is 2. The third-order valence-electron chi connectivity index (χ3n) is 8.75. The largest absolute Gasteiger partial charge is 0.472 e. The van der Waals surface area contributed by atoms with Crippen LogP contribution in [0.1, 0.15) is 44.3 Å². The van der Waals surface area contributed by atoms with Crippen molar-refractivity contribution in [2.75, 3.05) is 13.7 Å². The van der Waals surface area contributed by atoms with Gasteiger partial charge in [-0.15, -0.1) is 0 Å². The number of hydrogen-bond acceptors (Lipinski definition) is 12. The SMILES string of the molecule is COC(=O)[C@@H]1C[C@H](O)C[C@@H]2C1=C(O[C@@H]1O[C@H](CO)[C@@H](O)[C@@H](O)[C@H]1O)C[C@@H]1C(=O)O[C@H](c3ccoc3)C[C@]12C. The van der Waals surface area contributed by atoms with E-state index in [9.17, 15) is 35.1 Å². The fourth-order valence-corrected chi connectivity index (χ4v) is 6.66. The number of ether oxygens (including phenoxy) is 4. The van der Waals surface area contributed by atoms with Gasteiger partial charge in [-0.2, -0.15) is 0 Å². The van der Waals surface area contributed by atoms with E-state index in [-0.39, 0.29) is 25.0 Å². The topological polar surface area (TPSA) is 185 Å². The summed E-state index contributed by atoms with van der Waals surface area (Å²) in [5.41, 5.74) is 0.508. The number of cyclic esters (lactones) is 1. The molecule has 3 heterocycles. The maximum Gasteiger partial charge on any atom is 0.313 e. The van der Waals surface area contributed by atoms with E-state index in [4.69, 9.17) is 23.4 Å². The van der Waals surface area contributed by atoms with Crippen LogP contribution in [0.15, 0.2) is 34.3 Å². The zero-order valence-corrected chi connectivity index (χ0v) is 21.1. The van der Waals surface area contributed by atoms with Gasteiger partial charge in [0.25, 0.3) is 0 Å². The van der Waals surface area contributed by atoms with Crippen LogP contribution < -0.4 is 0 Å². The minimum Gasteiger partial charge on any atom is -0.472 e. The second-order valence-corrected chi connectivity index (χ2v) is 10.9. The van der Waals surface area contributed by atoms with Gasteiger partial charge in [0.2, 0.25) is 6.29 Å². The summed E-state index contributed by atoms with van der Waals surface area (Å²) in [6.07, 6.45) is -5.28. The lowest BCUT2D eigenvalue weighted by Crippen LogP contribution is -2.59. The smallest absolute Gasteiger partial charge is 0.313 e. The van der Waals surface area contributed by atoms with Crippen LogP contribution in [0.3, 0.4) is 0 Å². The number of hydrogen-bond donors (Lipinski definition) is 5. The van der Waals surface area contributed by atoms with Crippen molar-refractivity contribution in [3.8, 4) is 0 Å². The molecule has 38 heavy (non-hydrogen) atoms. The molecule has 210 valence electrons. The van der Waals surface area contributed by atoms with Gasteiger partial charge in [0.05, 0.1) is 44.2 Å². The normalized spacial score (nSPS) is 43.1. The first-order valence-electron chi connectivity index (χ1n) is 12.8. The van der Waals surface area contributed by atoms with Crippen molar-refractivity contribution < 1.29 is 58.5 Å². The van der Waals surface area contributed by atoms with Crippen LogP contribution in [0.2, 0.25) is 0 Å². The lowest BCUT2D eigenvalue weighted by Gasteiger charge is -2.55. The summed E-state index contributed by atoms with van der Waals surface area (Å²) in [5, 5.41) is 51.4. The average molecular weight is 539 g/mol. The fourth-order valence-electron chi connectivity index (χ4n) is 6.66.